The molecular weight excluding hydrogens is 483 g/mol. The predicted octanol–water partition coefficient (Wildman–Crippen LogP) is 4.37. The number of nitrogens with zero attached hydrogens (tertiary/aromatic N) is 5. The Balaban J connectivity index is 0.000000364. The Bertz CT molecular complexity index is 1280. The van der Waals surface area contributed by atoms with Crippen LogP contribution in [0.4, 0.5) is 13.2 Å². The maximum atomic E-state index is 10.6. The van der Waals surface area contributed by atoms with E-state index >= 15 is 0 Å². The van der Waals surface area contributed by atoms with Gasteiger partial charge in [0.25, 0.3) is 0 Å². The standard InChI is InChI=1S/C21H21N5OS.C2HF3O2/c1-15-2-4-16(5-3-15)17-6-7-18-21(23-24-26(18)12-17)19-13-25(9-10-27-19)14-20-22-8-11-28-20;3-2(4,5)1(6)7/h2-8,11-12,19H,9-10,13-14H2,1H3;(H,6,7). The molecule has 184 valence electrons. The number of hydrogen-bond donors (Lipinski definition) is 1. The van der Waals surface area contributed by atoms with Crippen LogP contribution < -0.4 is 0 Å². The number of morpholine rings is 1. The molecule has 35 heavy (non-hydrogen) atoms. The third-order valence-electron chi connectivity index (χ3n) is 5.37. The van der Waals surface area contributed by atoms with Crippen LogP contribution in [-0.4, -0.2) is 61.7 Å². The third kappa shape index (κ3) is 6.21. The van der Waals surface area contributed by atoms with E-state index in [1.165, 1.54) is 11.1 Å². The maximum Gasteiger partial charge on any atom is 0.490 e. The van der Waals surface area contributed by atoms with Gasteiger partial charge in [0.1, 0.15) is 16.8 Å². The van der Waals surface area contributed by atoms with Gasteiger partial charge in [-0.05, 0) is 18.6 Å². The fourth-order valence-electron chi connectivity index (χ4n) is 3.59. The highest BCUT2D eigenvalue weighted by atomic mass is 32.1. The first-order valence-corrected chi connectivity index (χ1v) is 11.5. The molecule has 4 heterocycles. The molecule has 12 heteroatoms. The molecule has 1 saturated heterocycles. The second kappa shape index (κ2) is 10.5. The lowest BCUT2D eigenvalue weighted by molar-refractivity contribution is -0.192. The SMILES string of the molecule is Cc1ccc(-c2ccc3c(C4CN(Cc5nccs5)CCO4)nnn3c2)cc1.O=C(O)C(F)(F)F. The van der Waals surface area contributed by atoms with E-state index in [1.54, 1.807) is 11.3 Å². The Hall–Kier alpha value is -3.35. The summed E-state index contributed by atoms with van der Waals surface area (Å²) in [4.78, 5) is 15.7. The zero-order valence-electron chi connectivity index (χ0n) is 18.6. The van der Waals surface area contributed by atoms with Gasteiger partial charge in [-0.15, -0.1) is 16.4 Å². The van der Waals surface area contributed by atoms with Crippen molar-refractivity contribution in [2.24, 2.45) is 0 Å². The van der Waals surface area contributed by atoms with E-state index in [1.807, 2.05) is 22.3 Å². The molecule has 1 unspecified atom stereocenters. The Morgan fingerprint density at radius 1 is 1.20 bits per heavy atom. The number of aromatic nitrogens is 4. The van der Waals surface area contributed by atoms with E-state index < -0.39 is 12.1 Å². The van der Waals surface area contributed by atoms with Crippen molar-refractivity contribution in [2.45, 2.75) is 25.7 Å². The van der Waals surface area contributed by atoms with Gasteiger partial charge in [-0.2, -0.15) is 13.2 Å². The molecule has 5 rings (SSSR count). The highest BCUT2D eigenvalue weighted by molar-refractivity contribution is 7.09. The highest BCUT2D eigenvalue weighted by Crippen LogP contribution is 2.27. The summed E-state index contributed by atoms with van der Waals surface area (Å²) in [5, 5.41) is 19.1. The fraction of sp³-hybridized carbons (Fsp3) is 0.304. The quantitative estimate of drug-likeness (QED) is 0.440. The maximum absolute atomic E-state index is 10.6. The lowest BCUT2D eigenvalue weighted by Crippen LogP contribution is -2.38. The van der Waals surface area contributed by atoms with Gasteiger partial charge in [0.05, 0.1) is 18.7 Å². The number of carboxylic acid groups (broad SMARTS) is 1. The molecule has 4 aromatic rings. The minimum absolute atomic E-state index is 0.0727. The van der Waals surface area contributed by atoms with E-state index in [0.29, 0.717) is 6.61 Å². The number of carbonyl (C=O) groups is 1. The molecule has 0 amide bonds. The van der Waals surface area contributed by atoms with Crippen LogP contribution in [-0.2, 0) is 16.1 Å². The van der Waals surface area contributed by atoms with Crippen molar-refractivity contribution in [3.05, 3.63) is 70.4 Å². The topological polar surface area (TPSA) is 92.9 Å². The van der Waals surface area contributed by atoms with E-state index in [9.17, 15) is 13.2 Å². The number of hydrogen-bond acceptors (Lipinski definition) is 7. The largest absolute Gasteiger partial charge is 0.490 e. The first kappa shape index (κ1) is 24.8. The number of halogens is 3. The summed E-state index contributed by atoms with van der Waals surface area (Å²) >= 11 is 1.69. The summed E-state index contributed by atoms with van der Waals surface area (Å²) in [7, 11) is 0. The number of rotatable bonds is 4. The normalized spacial score (nSPS) is 16.6. The Labute approximate surface area is 202 Å². The van der Waals surface area contributed by atoms with Crippen molar-refractivity contribution < 1.29 is 27.8 Å². The summed E-state index contributed by atoms with van der Waals surface area (Å²) in [5.74, 6) is -2.76. The Morgan fingerprint density at radius 2 is 1.91 bits per heavy atom. The number of benzene rings is 1. The van der Waals surface area contributed by atoms with E-state index in [2.05, 4.69) is 63.5 Å². The van der Waals surface area contributed by atoms with Gasteiger partial charge in [-0.1, -0.05) is 41.1 Å². The smallest absolute Gasteiger partial charge is 0.475 e. The van der Waals surface area contributed by atoms with E-state index in [0.717, 1.165) is 41.4 Å². The fourth-order valence-corrected chi connectivity index (χ4v) is 4.25. The molecule has 1 aliphatic rings. The minimum atomic E-state index is -5.08. The van der Waals surface area contributed by atoms with Gasteiger partial charge in [0.2, 0.25) is 0 Å². The molecule has 0 aliphatic carbocycles. The predicted molar refractivity (Wildman–Crippen MR) is 123 cm³/mol. The first-order valence-electron chi connectivity index (χ1n) is 10.6. The summed E-state index contributed by atoms with van der Waals surface area (Å²) < 4.78 is 39.6. The van der Waals surface area contributed by atoms with Gasteiger partial charge in [-0.25, -0.2) is 14.3 Å². The van der Waals surface area contributed by atoms with Gasteiger partial charge in [0, 0.05) is 36.4 Å². The first-order chi connectivity index (χ1) is 16.7. The molecule has 0 spiro atoms. The van der Waals surface area contributed by atoms with Crippen LogP contribution in [0, 0.1) is 6.92 Å². The van der Waals surface area contributed by atoms with Gasteiger partial charge in [0.15, 0.2) is 0 Å². The molecule has 1 N–H and O–H groups in total. The molecule has 1 atom stereocenters. The van der Waals surface area contributed by atoms with E-state index in [-0.39, 0.29) is 6.10 Å². The second-order valence-corrected chi connectivity index (χ2v) is 8.89. The molecule has 0 saturated carbocycles. The zero-order chi connectivity index (χ0) is 25.0. The number of alkyl halides is 3. The number of ether oxygens (including phenoxy) is 1. The highest BCUT2D eigenvalue weighted by Gasteiger charge is 2.38. The van der Waals surface area contributed by atoms with Crippen LogP contribution in [0.2, 0.25) is 0 Å². The van der Waals surface area contributed by atoms with Crippen LogP contribution in [0.1, 0.15) is 22.4 Å². The van der Waals surface area contributed by atoms with Crippen molar-refractivity contribution in [2.75, 3.05) is 19.7 Å². The van der Waals surface area contributed by atoms with Gasteiger partial charge in [-0.3, -0.25) is 4.90 Å². The molecule has 1 aromatic carbocycles. The summed E-state index contributed by atoms with van der Waals surface area (Å²) in [6.07, 6.45) is -1.26. The molecule has 0 radical (unpaired) electrons. The monoisotopic (exact) mass is 505 g/mol. The van der Waals surface area contributed by atoms with Crippen LogP contribution in [0.5, 0.6) is 0 Å². The molecule has 8 nitrogen and oxygen atoms in total. The van der Waals surface area contributed by atoms with Crippen molar-refractivity contribution >= 4 is 22.8 Å². The lowest BCUT2D eigenvalue weighted by Gasteiger charge is -2.31. The van der Waals surface area contributed by atoms with Crippen molar-refractivity contribution in [1.29, 1.82) is 0 Å². The number of pyridine rings is 1. The number of aliphatic carboxylic acids is 1. The third-order valence-corrected chi connectivity index (χ3v) is 6.13. The van der Waals surface area contributed by atoms with E-state index in [4.69, 9.17) is 14.6 Å². The number of fused-ring (bicyclic) bond motifs is 1. The summed E-state index contributed by atoms with van der Waals surface area (Å²) in [6, 6.07) is 12.7. The molecule has 1 fully saturated rings. The van der Waals surface area contributed by atoms with Gasteiger partial charge >= 0.3 is 12.1 Å². The number of aryl methyl sites for hydroxylation is 1. The molecule has 3 aromatic heterocycles. The summed E-state index contributed by atoms with van der Waals surface area (Å²) in [6.45, 7) is 5.35. The average molecular weight is 506 g/mol. The van der Waals surface area contributed by atoms with Crippen LogP contribution in [0.25, 0.3) is 16.6 Å². The number of thiazole rings is 1. The Kier molecular flexibility index (Phi) is 7.43. The molecule has 1 aliphatic heterocycles. The van der Waals surface area contributed by atoms with Gasteiger partial charge < -0.3 is 9.84 Å². The molecule has 0 bridgehead atoms. The second-order valence-electron chi connectivity index (χ2n) is 7.91. The van der Waals surface area contributed by atoms with Crippen LogP contribution in [0.3, 0.4) is 0 Å². The van der Waals surface area contributed by atoms with Crippen LogP contribution in [0.15, 0.2) is 54.2 Å². The molecular formula is C23H22F3N5O3S. The minimum Gasteiger partial charge on any atom is -0.475 e. The summed E-state index contributed by atoms with van der Waals surface area (Å²) in [5.41, 5.74) is 5.45. The average Bonchev–Trinajstić information content (AvgIpc) is 3.49. The van der Waals surface area contributed by atoms with Crippen molar-refractivity contribution in [3.63, 3.8) is 0 Å². The van der Waals surface area contributed by atoms with Crippen molar-refractivity contribution in [1.82, 2.24) is 24.7 Å². The lowest BCUT2D eigenvalue weighted by atomic mass is 10.1. The van der Waals surface area contributed by atoms with Crippen LogP contribution >= 0.6 is 11.3 Å². The zero-order valence-corrected chi connectivity index (χ0v) is 19.5. The number of carboxylic acids is 1. The van der Waals surface area contributed by atoms with Crippen molar-refractivity contribution in [3.8, 4) is 11.1 Å². The Morgan fingerprint density at radius 3 is 2.57 bits per heavy atom.